The van der Waals surface area contributed by atoms with Crippen molar-refractivity contribution in [2.75, 3.05) is 18.9 Å². The summed E-state index contributed by atoms with van der Waals surface area (Å²) in [4.78, 5) is 22.1. The van der Waals surface area contributed by atoms with Gasteiger partial charge >= 0.3 is 5.97 Å². The molecule has 1 aromatic rings. The van der Waals surface area contributed by atoms with Gasteiger partial charge in [-0.2, -0.15) is 0 Å². The molecule has 4 N–H and O–H groups in total. The zero-order chi connectivity index (χ0) is 13.5. The molecule has 0 aromatic heterocycles. The van der Waals surface area contributed by atoms with Crippen molar-refractivity contribution < 1.29 is 19.1 Å². The number of primary amides is 1. The first-order valence-corrected chi connectivity index (χ1v) is 5.52. The third-order valence-electron chi connectivity index (χ3n) is 2.13. The minimum Gasteiger partial charge on any atom is -0.492 e. The summed E-state index contributed by atoms with van der Waals surface area (Å²) in [6.45, 7) is 2.29. The smallest absolute Gasteiger partial charge is 0.338 e. The number of benzene rings is 1. The second kappa shape index (κ2) is 6.48. The lowest BCUT2D eigenvalue weighted by atomic mass is 10.2. The van der Waals surface area contributed by atoms with Gasteiger partial charge in [-0.15, -0.1) is 0 Å². The molecule has 0 atom stereocenters. The molecule has 0 aliphatic heterocycles. The molecule has 18 heavy (non-hydrogen) atoms. The minimum atomic E-state index is -0.550. The van der Waals surface area contributed by atoms with Crippen molar-refractivity contribution in [3.63, 3.8) is 0 Å². The van der Waals surface area contributed by atoms with Crippen LogP contribution in [0, 0.1) is 0 Å². The summed E-state index contributed by atoms with van der Waals surface area (Å²) < 4.78 is 10.1. The highest BCUT2D eigenvalue weighted by Gasteiger charge is 2.10. The zero-order valence-corrected chi connectivity index (χ0v) is 10.1. The first-order valence-electron chi connectivity index (χ1n) is 5.52. The van der Waals surface area contributed by atoms with Gasteiger partial charge in [-0.05, 0) is 25.1 Å². The van der Waals surface area contributed by atoms with Gasteiger partial charge in [0, 0.05) is 0 Å². The topological polar surface area (TPSA) is 105 Å². The van der Waals surface area contributed by atoms with Crippen LogP contribution in [0.1, 0.15) is 23.7 Å². The number of nitrogens with two attached hydrogens (primary N) is 2. The molecule has 0 heterocycles. The quantitative estimate of drug-likeness (QED) is 0.572. The van der Waals surface area contributed by atoms with Crippen molar-refractivity contribution >= 4 is 17.6 Å². The lowest BCUT2D eigenvalue weighted by Crippen LogP contribution is -2.15. The number of amides is 1. The molecule has 0 aliphatic rings. The number of ether oxygens (including phenoxy) is 2. The van der Waals surface area contributed by atoms with Crippen LogP contribution in [0.3, 0.4) is 0 Å². The first kappa shape index (κ1) is 13.8. The molecule has 0 saturated heterocycles. The third-order valence-corrected chi connectivity index (χ3v) is 2.13. The predicted molar refractivity (Wildman–Crippen MR) is 66.1 cm³/mol. The maximum Gasteiger partial charge on any atom is 0.338 e. The number of esters is 1. The lowest BCUT2D eigenvalue weighted by Gasteiger charge is -2.08. The molecule has 0 unspecified atom stereocenters. The molecule has 98 valence electrons. The highest BCUT2D eigenvalue weighted by atomic mass is 16.5. The number of carbonyl (C=O) groups is 2. The summed E-state index contributed by atoms with van der Waals surface area (Å²) in [7, 11) is 0. The van der Waals surface area contributed by atoms with Gasteiger partial charge in [-0.25, -0.2) is 4.79 Å². The van der Waals surface area contributed by atoms with E-state index in [0.29, 0.717) is 23.6 Å². The Morgan fingerprint density at radius 1 is 1.33 bits per heavy atom. The van der Waals surface area contributed by atoms with E-state index in [2.05, 4.69) is 0 Å². The molecule has 6 nitrogen and oxygen atoms in total. The Balaban J connectivity index is 2.63. The van der Waals surface area contributed by atoms with Crippen LogP contribution in [-0.2, 0) is 9.53 Å². The van der Waals surface area contributed by atoms with E-state index in [1.807, 2.05) is 6.92 Å². The normalized spacial score (nSPS) is 9.83. The summed E-state index contributed by atoms with van der Waals surface area (Å²) >= 11 is 0. The Bertz CT molecular complexity index is 446. The van der Waals surface area contributed by atoms with E-state index in [0.717, 1.165) is 0 Å². The van der Waals surface area contributed by atoms with E-state index >= 15 is 0 Å². The summed E-state index contributed by atoms with van der Waals surface area (Å²) in [6.07, 6.45) is -0.00173. The van der Waals surface area contributed by atoms with Gasteiger partial charge in [-0.1, -0.05) is 0 Å². The summed E-state index contributed by atoms with van der Waals surface area (Å²) in [5.41, 5.74) is 11.3. The van der Waals surface area contributed by atoms with Crippen molar-refractivity contribution in [2.45, 2.75) is 13.3 Å². The van der Waals surface area contributed by atoms with Gasteiger partial charge in [0.2, 0.25) is 5.91 Å². The fraction of sp³-hybridized carbons (Fsp3) is 0.333. The Labute approximate surface area is 105 Å². The van der Waals surface area contributed by atoms with E-state index in [1.165, 1.54) is 6.07 Å². The third kappa shape index (κ3) is 3.97. The van der Waals surface area contributed by atoms with Crippen LogP contribution in [0.2, 0.25) is 0 Å². The molecular weight excluding hydrogens is 236 g/mol. The van der Waals surface area contributed by atoms with Gasteiger partial charge in [0.25, 0.3) is 0 Å². The van der Waals surface area contributed by atoms with Crippen LogP contribution >= 0.6 is 0 Å². The van der Waals surface area contributed by atoms with Gasteiger partial charge in [0.15, 0.2) is 0 Å². The van der Waals surface area contributed by atoms with Crippen LogP contribution in [0.5, 0.6) is 5.75 Å². The summed E-state index contributed by atoms with van der Waals surface area (Å²) in [5.74, 6) is -0.550. The van der Waals surface area contributed by atoms with E-state index in [-0.39, 0.29) is 13.0 Å². The fourth-order valence-corrected chi connectivity index (χ4v) is 1.29. The minimum absolute atomic E-state index is 0.00173. The zero-order valence-electron chi connectivity index (χ0n) is 10.1. The molecule has 0 fully saturated rings. The summed E-state index contributed by atoms with van der Waals surface area (Å²) in [6, 6.07) is 4.62. The molecule has 0 saturated carbocycles. The number of hydrogen-bond acceptors (Lipinski definition) is 5. The number of hydrogen-bond donors (Lipinski definition) is 2. The van der Waals surface area contributed by atoms with Crippen LogP contribution in [0.25, 0.3) is 0 Å². The lowest BCUT2D eigenvalue weighted by molar-refractivity contribution is -0.118. The van der Waals surface area contributed by atoms with Crippen LogP contribution in [0.15, 0.2) is 18.2 Å². The fourth-order valence-electron chi connectivity index (χ4n) is 1.29. The van der Waals surface area contributed by atoms with Crippen molar-refractivity contribution in [3.05, 3.63) is 23.8 Å². The Hall–Kier alpha value is -2.24. The number of carbonyl (C=O) groups excluding carboxylic acids is 2. The Morgan fingerprint density at radius 2 is 2.06 bits per heavy atom. The van der Waals surface area contributed by atoms with Gasteiger partial charge in [0.1, 0.15) is 12.4 Å². The molecule has 1 amide bonds. The Morgan fingerprint density at radius 3 is 2.61 bits per heavy atom. The van der Waals surface area contributed by atoms with E-state index < -0.39 is 11.9 Å². The van der Waals surface area contributed by atoms with Gasteiger partial charge < -0.3 is 20.9 Å². The second-order valence-corrected chi connectivity index (χ2v) is 3.54. The SMILES string of the molecule is CCOc1ccc(C(=O)OCCC(N)=O)cc1N. The molecule has 1 aromatic carbocycles. The Kier molecular flexibility index (Phi) is 4.98. The summed E-state index contributed by atoms with van der Waals surface area (Å²) in [5, 5.41) is 0. The van der Waals surface area contributed by atoms with Gasteiger partial charge in [0.05, 0.1) is 24.3 Å². The predicted octanol–water partition coefficient (Wildman–Crippen LogP) is 0.700. The van der Waals surface area contributed by atoms with Crippen molar-refractivity contribution in [3.8, 4) is 5.75 Å². The second-order valence-electron chi connectivity index (χ2n) is 3.54. The molecule has 0 radical (unpaired) electrons. The highest BCUT2D eigenvalue weighted by molar-refractivity contribution is 5.91. The molecule has 0 aliphatic carbocycles. The van der Waals surface area contributed by atoms with E-state index in [1.54, 1.807) is 12.1 Å². The average molecular weight is 252 g/mol. The maximum atomic E-state index is 11.6. The monoisotopic (exact) mass is 252 g/mol. The van der Waals surface area contributed by atoms with Crippen molar-refractivity contribution in [1.82, 2.24) is 0 Å². The maximum absolute atomic E-state index is 11.6. The first-order chi connectivity index (χ1) is 8.54. The number of nitrogen functional groups attached to an aromatic ring is 1. The molecule has 6 heteroatoms. The highest BCUT2D eigenvalue weighted by Crippen LogP contribution is 2.22. The van der Waals surface area contributed by atoms with Crippen LogP contribution in [-0.4, -0.2) is 25.1 Å². The number of anilines is 1. The molecule has 1 rings (SSSR count). The van der Waals surface area contributed by atoms with E-state index in [4.69, 9.17) is 20.9 Å². The molecule has 0 bridgehead atoms. The molecule has 0 spiro atoms. The molecular formula is C12H16N2O4. The average Bonchev–Trinajstić information content (AvgIpc) is 2.31. The number of rotatable bonds is 6. The standard InChI is InChI=1S/C12H16N2O4/c1-2-17-10-4-3-8(7-9(10)13)12(16)18-6-5-11(14)15/h3-4,7H,2,5-6,13H2,1H3,(H2,14,15). The van der Waals surface area contributed by atoms with Gasteiger partial charge in [-0.3, -0.25) is 4.79 Å². The van der Waals surface area contributed by atoms with Crippen LogP contribution in [0.4, 0.5) is 5.69 Å². The largest absolute Gasteiger partial charge is 0.492 e. The van der Waals surface area contributed by atoms with Crippen molar-refractivity contribution in [2.24, 2.45) is 5.73 Å². The van der Waals surface area contributed by atoms with Crippen LogP contribution < -0.4 is 16.2 Å². The van der Waals surface area contributed by atoms with E-state index in [9.17, 15) is 9.59 Å². The van der Waals surface area contributed by atoms with Crippen molar-refractivity contribution in [1.29, 1.82) is 0 Å².